The van der Waals surface area contributed by atoms with Crippen molar-refractivity contribution in [3.8, 4) is 0 Å². The molecule has 0 bridgehead atoms. The van der Waals surface area contributed by atoms with Gasteiger partial charge in [-0.05, 0) is 12.3 Å². The van der Waals surface area contributed by atoms with E-state index in [4.69, 9.17) is 11.6 Å². The average Bonchev–Trinajstić information content (AvgIpc) is 2.78. The van der Waals surface area contributed by atoms with E-state index in [1.165, 1.54) is 0 Å². The Balaban J connectivity index is 2.60. The Morgan fingerprint density at radius 3 is 2.58 bits per heavy atom. The van der Waals surface area contributed by atoms with E-state index >= 15 is 0 Å². The number of nitrogens with zero attached hydrogens (tertiary/aromatic N) is 2. The quantitative estimate of drug-likeness (QED) is 0.783. The summed E-state index contributed by atoms with van der Waals surface area (Å²) in [6.45, 7) is 6.75. The molecule has 19 heavy (non-hydrogen) atoms. The predicted molar refractivity (Wildman–Crippen MR) is 78.6 cm³/mol. The summed E-state index contributed by atoms with van der Waals surface area (Å²) in [5.74, 6) is 0.364. The Kier molecular flexibility index (Phi) is 6.35. The van der Waals surface area contributed by atoms with Crippen molar-refractivity contribution in [3.05, 3.63) is 17.5 Å². The lowest BCUT2D eigenvalue weighted by Gasteiger charge is -2.19. The monoisotopic (exact) mass is 285 g/mol. The molecule has 1 aromatic rings. The van der Waals surface area contributed by atoms with Crippen molar-refractivity contribution >= 4 is 17.5 Å². The minimum atomic E-state index is -0.0819. The van der Waals surface area contributed by atoms with Crippen LogP contribution in [0.4, 0.5) is 0 Å². The van der Waals surface area contributed by atoms with Crippen molar-refractivity contribution in [2.24, 2.45) is 13.0 Å². The number of aromatic nitrogens is 2. The van der Waals surface area contributed by atoms with E-state index in [2.05, 4.69) is 24.3 Å². The first-order valence-corrected chi connectivity index (χ1v) is 7.41. The van der Waals surface area contributed by atoms with Gasteiger partial charge in [-0.25, -0.2) is 0 Å². The number of alkyl halides is 1. The average molecular weight is 286 g/mol. The molecule has 1 unspecified atom stereocenters. The summed E-state index contributed by atoms with van der Waals surface area (Å²) in [5, 5.41) is 7.17. The lowest BCUT2D eigenvalue weighted by Crippen LogP contribution is -2.33. The standard InChI is InChI=1S/C14H24ClN3O/c1-5-10(6-2)12(15)8-16-14(19)11-9-18(4)17-13(11)7-3/h9-10,12H,5-8H2,1-4H3,(H,16,19). The van der Waals surface area contributed by atoms with Crippen LogP contribution in [0.2, 0.25) is 0 Å². The first-order valence-electron chi connectivity index (χ1n) is 6.98. The van der Waals surface area contributed by atoms with Gasteiger partial charge in [0.05, 0.1) is 16.6 Å². The van der Waals surface area contributed by atoms with Crippen LogP contribution in [0.15, 0.2) is 6.20 Å². The second-order valence-corrected chi connectivity index (χ2v) is 5.38. The molecule has 1 rings (SSSR count). The number of carbonyl (C=O) groups is 1. The second-order valence-electron chi connectivity index (χ2n) is 4.82. The summed E-state index contributed by atoms with van der Waals surface area (Å²) >= 11 is 6.32. The van der Waals surface area contributed by atoms with Crippen molar-refractivity contribution in [1.29, 1.82) is 0 Å². The fourth-order valence-corrected chi connectivity index (χ4v) is 2.67. The van der Waals surface area contributed by atoms with Gasteiger partial charge in [0, 0.05) is 19.8 Å². The van der Waals surface area contributed by atoms with Gasteiger partial charge in [0.1, 0.15) is 0 Å². The first kappa shape index (κ1) is 16.0. The zero-order valence-electron chi connectivity index (χ0n) is 12.2. The van der Waals surface area contributed by atoms with Gasteiger partial charge < -0.3 is 5.32 Å². The van der Waals surface area contributed by atoms with Crippen molar-refractivity contribution < 1.29 is 4.79 Å². The fourth-order valence-electron chi connectivity index (χ4n) is 2.24. The second kappa shape index (κ2) is 7.53. The van der Waals surface area contributed by atoms with E-state index in [9.17, 15) is 4.79 Å². The molecule has 1 heterocycles. The third-order valence-electron chi connectivity index (χ3n) is 3.50. The number of halogens is 1. The van der Waals surface area contributed by atoms with Crippen LogP contribution in [-0.4, -0.2) is 27.6 Å². The molecule has 1 aromatic heterocycles. The van der Waals surface area contributed by atoms with Crippen LogP contribution in [0.25, 0.3) is 0 Å². The molecule has 0 aromatic carbocycles. The predicted octanol–water partition coefficient (Wildman–Crippen LogP) is 2.76. The molecule has 0 fully saturated rings. The van der Waals surface area contributed by atoms with Crippen LogP contribution in [0.1, 0.15) is 49.7 Å². The third-order valence-corrected chi connectivity index (χ3v) is 4.01. The van der Waals surface area contributed by atoms with E-state index in [-0.39, 0.29) is 11.3 Å². The Morgan fingerprint density at radius 2 is 2.05 bits per heavy atom. The summed E-state index contributed by atoms with van der Waals surface area (Å²) in [6.07, 6.45) is 4.58. The van der Waals surface area contributed by atoms with Crippen LogP contribution in [0.5, 0.6) is 0 Å². The van der Waals surface area contributed by atoms with Crippen molar-refractivity contribution in [3.63, 3.8) is 0 Å². The van der Waals surface area contributed by atoms with Crippen molar-refractivity contribution in [1.82, 2.24) is 15.1 Å². The minimum absolute atomic E-state index is 0.0132. The SMILES string of the molecule is CCc1nn(C)cc1C(=O)NCC(Cl)C(CC)CC. The highest BCUT2D eigenvalue weighted by Gasteiger charge is 2.19. The van der Waals surface area contributed by atoms with Gasteiger partial charge >= 0.3 is 0 Å². The number of aryl methyl sites for hydroxylation is 2. The van der Waals surface area contributed by atoms with E-state index < -0.39 is 0 Å². The van der Waals surface area contributed by atoms with E-state index in [0.717, 1.165) is 25.0 Å². The molecule has 1 atom stereocenters. The third kappa shape index (κ3) is 4.23. The topological polar surface area (TPSA) is 46.9 Å². The molecule has 4 nitrogen and oxygen atoms in total. The number of hydrogen-bond acceptors (Lipinski definition) is 2. The zero-order chi connectivity index (χ0) is 14.4. The van der Waals surface area contributed by atoms with Gasteiger partial charge in [0.15, 0.2) is 0 Å². The van der Waals surface area contributed by atoms with Gasteiger partial charge in [-0.2, -0.15) is 5.10 Å². The Hall–Kier alpha value is -1.03. The molecule has 0 aliphatic carbocycles. The smallest absolute Gasteiger partial charge is 0.254 e. The molecule has 0 saturated carbocycles. The lowest BCUT2D eigenvalue weighted by molar-refractivity contribution is 0.0950. The highest BCUT2D eigenvalue weighted by Crippen LogP contribution is 2.18. The van der Waals surface area contributed by atoms with Crippen LogP contribution >= 0.6 is 11.6 Å². The number of rotatable bonds is 7. The van der Waals surface area contributed by atoms with Crippen LogP contribution < -0.4 is 5.32 Å². The van der Waals surface area contributed by atoms with Gasteiger partial charge in [-0.1, -0.05) is 33.6 Å². The van der Waals surface area contributed by atoms with E-state index in [0.29, 0.717) is 18.0 Å². The van der Waals surface area contributed by atoms with Gasteiger partial charge in [0.2, 0.25) is 0 Å². The summed E-state index contributed by atoms with van der Waals surface area (Å²) in [6, 6.07) is 0. The Morgan fingerprint density at radius 1 is 1.42 bits per heavy atom. The Bertz CT molecular complexity index is 413. The van der Waals surface area contributed by atoms with Crippen molar-refractivity contribution in [2.75, 3.05) is 6.54 Å². The van der Waals surface area contributed by atoms with Crippen LogP contribution in [-0.2, 0) is 13.5 Å². The largest absolute Gasteiger partial charge is 0.350 e. The molecule has 0 aliphatic rings. The molecule has 0 radical (unpaired) electrons. The summed E-state index contributed by atoms with van der Waals surface area (Å²) in [5.41, 5.74) is 1.48. The van der Waals surface area contributed by atoms with Crippen LogP contribution in [0, 0.1) is 5.92 Å². The molecule has 0 spiro atoms. The van der Waals surface area contributed by atoms with Crippen LogP contribution in [0.3, 0.4) is 0 Å². The summed E-state index contributed by atoms with van der Waals surface area (Å²) in [4.78, 5) is 12.1. The number of carbonyl (C=O) groups excluding carboxylic acids is 1. The summed E-state index contributed by atoms with van der Waals surface area (Å²) in [7, 11) is 1.82. The molecule has 0 saturated heterocycles. The van der Waals surface area contributed by atoms with Gasteiger partial charge in [0.25, 0.3) is 5.91 Å². The molecule has 108 valence electrons. The Labute approximate surface area is 120 Å². The fraction of sp³-hybridized carbons (Fsp3) is 0.714. The summed E-state index contributed by atoms with van der Waals surface area (Å²) < 4.78 is 1.67. The maximum absolute atomic E-state index is 12.1. The van der Waals surface area contributed by atoms with Gasteiger partial charge in [-0.15, -0.1) is 11.6 Å². The number of hydrogen-bond donors (Lipinski definition) is 1. The van der Waals surface area contributed by atoms with E-state index in [1.807, 2.05) is 14.0 Å². The minimum Gasteiger partial charge on any atom is -0.350 e. The lowest BCUT2D eigenvalue weighted by atomic mass is 9.99. The molecular formula is C14H24ClN3O. The first-order chi connectivity index (χ1) is 9.03. The molecule has 1 N–H and O–H groups in total. The number of amides is 1. The maximum atomic E-state index is 12.1. The normalized spacial score (nSPS) is 12.7. The molecule has 1 amide bonds. The van der Waals surface area contributed by atoms with Gasteiger partial charge in [-0.3, -0.25) is 9.48 Å². The van der Waals surface area contributed by atoms with E-state index in [1.54, 1.807) is 10.9 Å². The highest BCUT2D eigenvalue weighted by molar-refractivity contribution is 6.21. The zero-order valence-corrected chi connectivity index (χ0v) is 13.0. The number of nitrogens with one attached hydrogen (secondary N) is 1. The maximum Gasteiger partial charge on any atom is 0.254 e. The van der Waals surface area contributed by atoms with Crippen molar-refractivity contribution in [2.45, 2.75) is 45.4 Å². The molecular weight excluding hydrogens is 262 g/mol. The highest BCUT2D eigenvalue weighted by atomic mass is 35.5. The molecule has 0 aliphatic heterocycles. The molecule has 5 heteroatoms.